The fraction of sp³-hybridized carbons (Fsp3) is 0.875. The molecule has 2 atom stereocenters. The third kappa shape index (κ3) is 1.95. The molecule has 0 aromatic heterocycles. The Morgan fingerprint density at radius 2 is 1.83 bits per heavy atom. The largest absolute Gasteiger partial charge is 0.390 e. The van der Waals surface area contributed by atoms with E-state index in [1.807, 2.05) is 0 Å². The Hall–Kier alpha value is -0.610. The van der Waals surface area contributed by atoms with Gasteiger partial charge in [0.2, 0.25) is 0 Å². The van der Waals surface area contributed by atoms with E-state index in [-0.39, 0.29) is 5.91 Å². The van der Waals surface area contributed by atoms with Crippen LogP contribution in [0.2, 0.25) is 0 Å². The fourth-order valence-corrected chi connectivity index (χ4v) is 1.33. The first-order chi connectivity index (χ1) is 5.63. The van der Waals surface area contributed by atoms with E-state index in [9.17, 15) is 9.90 Å². The molecule has 4 nitrogen and oxygen atoms in total. The summed E-state index contributed by atoms with van der Waals surface area (Å²) in [6.07, 6.45) is -0.225. The van der Waals surface area contributed by atoms with Gasteiger partial charge in [-0.25, -0.2) is 0 Å². The summed E-state index contributed by atoms with van der Waals surface area (Å²) in [6, 6.07) is 0. The highest BCUT2D eigenvalue weighted by Gasteiger charge is 2.27. The van der Waals surface area contributed by atoms with Gasteiger partial charge in [0, 0.05) is 13.1 Å². The van der Waals surface area contributed by atoms with Crippen LogP contribution in [0.5, 0.6) is 0 Å². The van der Waals surface area contributed by atoms with Crippen molar-refractivity contribution in [3.63, 3.8) is 0 Å². The molecule has 1 rings (SSSR count). The summed E-state index contributed by atoms with van der Waals surface area (Å²) in [5.41, 5.74) is 0. The Morgan fingerprint density at radius 3 is 2.25 bits per heavy atom. The van der Waals surface area contributed by atoms with Gasteiger partial charge in [0.25, 0.3) is 5.91 Å². The molecular weight excluding hydrogens is 158 g/mol. The number of amides is 1. The second-order valence-electron chi connectivity index (χ2n) is 3.22. The summed E-state index contributed by atoms with van der Waals surface area (Å²) in [5, 5.41) is 18.2. The van der Waals surface area contributed by atoms with E-state index in [1.165, 1.54) is 6.92 Å². The van der Waals surface area contributed by atoms with Crippen LogP contribution in [-0.2, 0) is 4.79 Å². The number of carbonyl (C=O) groups excluding carboxylic acids is 1. The highest BCUT2D eigenvalue weighted by Crippen LogP contribution is 2.10. The third-order valence-electron chi connectivity index (χ3n) is 2.13. The van der Waals surface area contributed by atoms with Crippen molar-refractivity contribution in [1.29, 1.82) is 0 Å². The molecule has 0 radical (unpaired) electrons. The van der Waals surface area contributed by atoms with Crippen LogP contribution in [0, 0.1) is 0 Å². The Bertz CT molecular complexity index is 160. The number of likely N-dealkylation sites (tertiary alicyclic amines) is 1. The molecule has 0 spiro atoms. The standard InChI is InChI=1S/C8H15NO3/c1-6(10)7(11)8(12)9-4-2-3-5-9/h6-7,10-11H,2-5H2,1H3/t6-,7+/m0/s1. The van der Waals surface area contributed by atoms with E-state index >= 15 is 0 Å². The molecule has 12 heavy (non-hydrogen) atoms. The maximum atomic E-state index is 11.3. The maximum Gasteiger partial charge on any atom is 0.254 e. The molecule has 0 aliphatic carbocycles. The minimum Gasteiger partial charge on any atom is -0.390 e. The van der Waals surface area contributed by atoms with Crippen molar-refractivity contribution in [1.82, 2.24) is 4.90 Å². The lowest BCUT2D eigenvalue weighted by Gasteiger charge is -2.20. The molecule has 1 amide bonds. The second kappa shape index (κ2) is 3.87. The van der Waals surface area contributed by atoms with E-state index in [2.05, 4.69) is 0 Å². The van der Waals surface area contributed by atoms with Crippen LogP contribution in [0.25, 0.3) is 0 Å². The maximum absolute atomic E-state index is 11.3. The molecular formula is C8H15NO3. The molecule has 1 saturated heterocycles. The molecule has 0 bridgehead atoms. The lowest BCUT2D eigenvalue weighted by molar-refractivity contribution is -0.144. The number of hydrogen-bond acceptors (Lipinski definition) is 3. The van der Waals surface area contributed by atoms with Gasteiger partial charge in [-0.1, -0.05) is 0 Å². The van der Waals surface area contributed by atoms with Crippen LogP contribution in [0.4, 0.5) is 0 Å². The molecule has 2 N–H and O–H groups in total. The van der Waals surface area contributed by atoms with Gasteiger partial charge in [-0.3, -0.25) is 4.79 Å². The summed E-state index contributed by atoms with van der Waals surface area (Å²) >= 11 is 0. The monoisotopic (exact) mass is 173 g/mol. The average molecular weight is 173 g/mol. The lowest BCUT2D eigenvalue weighted by Crippen LogP contribution is -2.42. The second-order valence-corrected chi connectivity index (χ2v) is 3.22. The summed E-state index contributed by atoms with van der Waals surface area (Å²) in [6.45, 7) is 2.84. The van der Waals surface area contributed by atoms with Crippen LogP contribution >= 0.6 is 0 Å². The van der Waals surface area contributed by atoms with Gasteiger partial charge in [-0.2, -0.15) is 0 Å². The number of carbonyl (C=O) groups is 1. The molecule has 0 aromatic rings. The van der Waals surface area contributed by atoms with E-state index in [1.54, 1.807) is 4.90 Å². The zero-order valence-electron chi connectivity index (χ0n) is 7.23. The lowest BCUT2D eigenvalue weighted by atomic mass is 10.2. The van der Waals surface area contributed by atoms with E-state index in [0.717, 1.165) is 12.8 Å². The van der Waals surface area contributed by atoms with Crippen LogP contribution in [0.3, 0.4) is 0 Å². The molecule has 0 saturated carbocycles. The van der Waals surface area contributed by atoms with Gasteiger partial charge < -0.3 is 15.1 Å². The summed E-state index contributed by atoms with van der Waals surface area (Å²) in [4.78, 5) is 12.9. The van der Waals surface area contributed by atoms with Crippen LogP contribution in [-0.4, -0.2) is 46.3 Å². The topological polar surface area (TPSA) is 60.8 Å². The summed E-state index contributed by atoms with van der Waals surface area (Å²) in [5.74, 6) is -0.345. The zero-order valence-corrected chi connectivity index (χ0v) is 7.23. The van der Waals surface area contributed by atoms with Crippen molar-refractivity contribution in [3.05, 3.63) is 0 Å². The predicted octanol–water partition coefficient (Wildman–Crippen LogP) is -0.650. The number of aliphatic hydroxyl groups excluding tert-OH is 2. The Morgan fingerprint density at radius 1 is 1.33 bits per heavy atom. The fourth-order valence-electron chi connectivity index (χ4n) is 1.33. The minimum absolute atomic E-state index is 0.345. The van der Waals surface area contributed by atoms with Gasteiger partial charge in [-0.05, 0) is 19.8 Å². The highest BCUT2D eigenvalue weighted by atomic mass is 16.3. The van der Waals surface area contributed by atoms with E-state index < -0.39 is 12.2 Å². The van der Waals surface area contributed by atoms with Crippen molar-refractivity contribution < 1.29 is 15.0 Å². The molecule has 0 aromatic carbocycles. The van der Waals surface area contributed by atoms with Gasteiger partial charge in [0.05, 0.1) is 6.10 Å². The van der Waals surface area contributed by atoms with Crippen LogP contribution < -0.4 is 0 Å². The molecule has 1 aliphatic rings. The van der Waals surface area contributed by atoms with Gasteiger partial charge in [0.1, 0.15) is 0 Å². The number of rotatable bonds is 2. The number of hydrogen-bond donors (Lipinski definition) is 2. The van der Waals surface area contributed by atoms with Gasteiger partial charge >= 0.3 is 0 Å². The minimum atomic E-state index is -1.25. The van der Waals surface area contributed by atoms with Gasteiger partial charge in [0.15, 0.2) is 6.10 Å². The average Bonchev–Trinajstić information content (AvgIpc) is 2.53. The zero-order chi connectivity index (χ0) is 9.14. The van der Waals surface area contributed by atoms with Crippen molar-refractivity contribution in [2.45, 2.75) is 32.0 Å². The normalized spacial score (nSPS) is 22.4. The highest BCUT2D eigenvalue weighted by molar-refractivity contribution is 5.81. The van der Waals surface area contributed by atoms with E-state index in [4.69, 9.17) is 5.11 Å². The number of aliphatic hydroxyl groups is 2. The van der Waals surface area contributed by atoms with Crippen LogP contribution in [0.15, 0.2) is 0 Å². The van der Waals surface area contributed by atoms with Gasteiger partial charge in [-0.15, -0.1) is 0 Å². The van der Waals surface area contributed by atoms with E-state index in [0.29, 0.717) is 13.1 Å². The molecule has 70 valence electrons. The molecule has 1 heterocycles. The van der Waals surface area contributed by atoms with Crippen LogP contribution in [0.1, 0.15) is 19.8 Å². The number of nitrogens with zero attached hydrogens (tertiary/aromatic N) is 1. The molecule has 1 aliphatic heterocycles. The molecule has 1 fully saturated rings. The first-order valence-corrected chi connectivity index (χ1v) is 4.28. The molecule has 4 heteroatoms. The smallest absolute Gasteiger partial charge is 0.254 e. The SMILES string of the molecule is C[C@H](O)[C@@H](O)C(=O)N1CCCC1. The summed E-state index contributed by atoms with van der Waals surface area (Å²) in [7, 11) is 0. The molecule has 0 unspecified atom stereocenters. The quantitative estimate of drug-likeness (QED) is 0.583. The van der Waals surface area contributed by atoms with Crippen molar-refractivity contribution in [2.75, 3.05) is 13.1 Å². The first kappa shape index (κ1) is 9.48. The Kier molecular flexibility index (Phi) is 3.05. The predicted molar refractivity (Wildman–Crippen MR) is 43.5 cm³/mol. The first-order valence-electron chi connectivity index (χ1n) is 4.28. The summed E-state index contributed by atoms with van der Waals surface area (Å²) < 4.78 is 0. The van der Waals surface area contributed by atoms with Crippen molar-refractivity contribution >= 4 is 5.91 Å². The Labute approximate surface area is 71.8 Å². The third-order valence-corrected chi connectivity index (χ3v) is 2.13. The van der Waals surface area contributed by atoms with Crippen molar-refractivity contribution in [3.8, 4) is 0 Å². The van der Waals surface area contributed by atoms with Crippen molar-refractivity contribution in [2.24, 2.45) is 0 Å². The Balaban J connectivity index is 2.45.